The van der Waals surface area contributed by atoms with E-state index in [4.69, 9.17) is 9.47 Å². The molecule has 8 heteroatoms. The molecule has 8 nitrogen and oxygen atoms in total. The Labute approximate surface area is 131 Å². The monoisotopic (exact) mass is 313 g/mol. The molecule has 0 spiro atoms. The van der Waals surface area contributed by atoms with Gasteiger partial charge in [0.05, 0.1) is 25.4 Å². The van der Waals surface area contributed by atoms with Crippen LogP contribution in [-0.2, 0) is 4.79 Å². The molecule has 0 atom stereocenters. The molecular formula is C15H15N5O3. The number of amides is 1. The van der Waals surface area contributed by atoms with E-state index in [0.717, 1.165) is 22.2 Å². The first kappa shape index (κ1) is 14.8. The number of fused-ring (bicyclic) bond motifs is 1. The topological polar surface area (TPSA) is 102 Å². The largest absolute Gasteiger partial charge is 0.480 e. The molecule has 3 aromatic rings. The van der Waals surface area contributed by atoms with Crippen molar-refractivity contribution in [1.29, 1.82) is 0 Å². The minimum Gasteiger partial charge on any atom is -0.480 e. The van der Waals surface area contributed by atoms with Gasteiger partial charge in [-0.1, -0.05) is 0 Å². The van der Waals surface area contributed by atoms with Gasteiger partial charge in [0.25, 0.3) is 0 Å². The Bertz CT molecular complexity index is 853. The molecule has 0 radical (unpaired) electrons. The van der Waals surface area contributed by atoms with Crippen molar-refractivity contribution in [2.24, 2.45) is 0 Å². The number of carbonyl (C=O) groups is 1. The highest BCUT2D eigenvalue weighted by Gasteiger charge is 2.20. The summed E-state index contributed by atoms with van der Waals surface area (Å²) in [4.78, 5) is 26.3. The lowest BCUT2D eigenvalue weighted by atomic mass is 10.1. The fourth-order valence-corrected chi connectivity index (χ4v) is 2.49. The van der Waals surface area contributed by atoms with Crippen molar-refractivity contribution >= 4 is 23.1 Å². The third-order valence-electron chi connectivity index (χ3n) is 3.56. The van der Waals surface area contributed by atoms with Gasteiger partial charge in [-0.15, -0.1) is 0 Å². The predicted molar refractivity (Wildman–Crippen MR) is 84.6 cm³/mol. The lowest BCUT2D eigenvalue weighted by molar-refractivity contribution is -0.105. The summed E-state index contributed by atoms with van der Waals surface area (Å²) < 4.78 is 10.7. The van der Waals surface area contributed by atoms with Gasteiger partial charge in [0.15, 0.2) is 0 Å². The first-order chi connectivity index (χ1) is 11.2. The van der Waals surface area contributed by atoms with Crippen molar-refractivity contribution < 1.29 is 14.3 Å². The molecule has 0 aromatic carbocycles. The van der Waals surface area contributed by atoms with E-state index in [9.17, 15) is 4.79 Å². The van der Waals surface area contributed by atoms with Gasteiger partial charge in [0.2, 0.25) is 18.2 Å². The maximum absolute atomic E-state index is 10.6. The van der Waals surface area contributed by atoms with Crippen LogP contribution in [-0.4, -0.2) is 40.6 Å². The molecule has 0 saturated carbocycles. The van der Waals surface area contributed by atoms with Gasteiger partial charge in [-0.05, 0) is 12.5 Å². The van der Waals surface area contributed by atoms with Crippen molar-refractivity contribution in [2.45, 2.75) is 6.92 Å². The highest BCUT2D eigenvalue weighted by Crippen LogP contribution is 2.39. The van der Waals surface area contributed by atoms with Crippen molar-refractivity contribution in [1.82, 2.24) is 19.9 Å². The van der Waals surface area contributed by atoms with Gasteiger partial charge >= 0.3 is 0 Å². The highest BCUT2D eigenvalue weighted by molar-refractivity contribution is 5.93. The van der Waals surface area contributed by atoms with Gasteiger partial charge in [0.1, 0.15) is 17.7 Å². The van der Waals surface area contributed by atoms with Gasteiger partial charge in [-0.3, -0.25) is 4.79 Å². The van der Waals surface area contributed by atoms with Crippen LogP contribution in [0.15, 0.2) is 18.6 Å². The molecule has 23 heavy (non-hydrogen) atoms. The number of aromatic amines is 1. The maximum atomic E-state index is 10.6. The van der Waals surface area contributed by atoms with Crippen molar-refractivity contribution in [3.63, 3.8) is 0 Å². The second kappa shape index (κ2) is 5.91. The van der Waals surface area contributed by atoms with Gasteiger partial charge in [0, 0.05) is 17.6 Å². The van der Waals surface area contributed by atoms with E-state index < -0.39 is 0 Å². The van der Waals surface area contributed by atoms with Gasteiger partial charge in [-0.25, -0.2) is 15.0 Å². The smallest absolute Gasteiger partial charge is 0.229 e. The molecule has 2 N–H and O–H groups in total. The summed E-state index contributed by atoms with van der Waals surface area (Å²) >= 11 is 0. The zero-order valence-electron chi connectivity index (χ0n) is 12.9. The second-order valence-corrected chi connectivity index (χ2v) is 4.77. The number of aromatic nitrogens is 4. The highest BCUT2D eigenvalue weighted by atomic mass is 16.5. The molecule has 3 rings (SSSR count). The van der Waals surface area contributed by atoms with E-state index in [1.165, 1.54) is 20.5 Å². The number of hydrogen-bond donors (Lipinski definition) is 2. The minimum atomic E-state index is 0.408. The number of H-pyrrole nitrogens is 1. The Morgan fingerprint density at radius 2 is 1.87 bits per heavy atom. The van der Waals surface area contributed by atoms with E-state index >= 15 is 0 Å². The number of aryl methyl sites for hydroxylation is 1. The first-order valence-electron chi connectivity index (χ1n) is 6.81. The molecule has 3 heterocycles. The number of anilines is 1. The summed E-state index contributed by atoms with van der Waals surface area (Å²) in [6.45, 7) is 1.95. The van der Waals surface area contributed by atoms with Gasteiger partial charge in [-0.2, -0.15) is 0 Å². The Morgan fingerprint density at radius 3 is 2.48 bits per heavy atom. The van der Waals surface area contributed by atoms with Crippen LogP contribution in [0.1, 0.15) is 5.56 Å². The predicted octanol–water partition coefficient (Wildman–Crippen LogP) is 1.91. The Morgan fingerprint density at radius 1 is 1.17 bits per heavy atom. The third-order valence-corrected chi connectivity index (χ3v) is 3.56. The summed E-state index contributed by atoms with van der Waals surface area (Å²) in [5, 5.41) is 3.45. The fourth-order valence-electron chi connectivity index (χ4n) is 2.49. The number of hydrogen-bond acceptors (Lipinski definition) is 6. The lowest BCUT2D eigenvalue weighted by Gasteiger charge is -2.10. The Kier molecular flexibility index (Phi) is 3.80. The van der Waals surface area contributed by atoms with Crippen LogP contribution in [0.3, 0.4) is 0 Å². The van der Waals surface area contributed by atoms with E-state index in [1.54, 1.807) is 12.3 Å². The SMILES string of the molecule is COc1ncnc(OC)c1-c1[nH]c2cc(NC=O)ncc2c1C. The Balaban J connectivity index is 2.25. The average Bonchev–Trinajstić information content (AvgIpc) is 2.90. The second-order valence-electron chi connectivity index (χ2n) is 4.77. The molecule has 0 fully saturated rings. The molecule has 0 aliphatic rings. The molecule has 0 aliphatic carbocycles. The van der Waals surface area contributed by atoms with Crippen LogP contribution >= 0.6 is 0 Å². The normalized spacial score (nSPS) is 10.6. The van der Waals surface area contributed by atoms with E-state index in [2.05, 4.69) is 25.3 Å². The van der Waals surface area contributed by atoms with Crippen LogP contribution in [0, 0.1) is 6.92 Å². The fraction of sp³-hybridized carbons (Fsp3) is 0.200. The number of nitrogens with zero attached hydrogens (tertiary/aromatic N) is 3. The molecule has 0 bridgehead atoms. The number of ether oxygens (including phenoxy) is 2. The lowest BCUT2D eigenvalue weighted by Crippen LogP contribution is -1.98. The summed E-state index contributed by atoms with van der Waals surface area (Å²) in [6, 6.07) is 1.75. The van der Waals surface area contributed by atoms with Crippen molar-refractivity contribution in [2.75, 3.05) is 19.5 Å². The van der Waals surface area contributed by atoms with Crippen molar-refractivity contribution in [3.05, 3.63) is 24.2 Å². The van der Waals surface area contributed by atoms with Crippen LogP contribution in [0.4, 0.5) is 5.82 Å². The summed E-state index contributed by atoms with van der Waals surface area (Å²) in [6.07, 6.45) is 3.66. The summed E-state index contributed by atoms with van der Waals surface area (Å²) in [5.41, 5.74) is 3.19. The molecule has 118 valence electrons. The van der Waals surface area contributed by atoms with Crippen LogP contribution in [0.5, 0.6) is 11.8 Å². The molecule has 1 amide bonds. The standard InChI is InChI=1S/C15H15N5O3/c1-8-9-5-16-11(19-7-21)4-10(9)20-13(8)12-14(22-2)17-6-18-15(12)23-3/h4-7,20H,1-3H3,(H,16,19,21). The molecular weight excluding hydrogens is 298 g/mol. The average molecular weight is 313 g/mol. The molecule has 0 aliphatic heterocycles. The first-order valence-corrected chi connectivity index (χ1v) is 6.81. The molecule has 0 saturated heterocycles. The zero-order valence-corrected chi connectivity index (χ0v) is 12.9. The summed E-state index contributed by atoms with van der Waals surface area (Å²) in [5.74, 6) is 1.28. The van der Waals surface area contributed by atoms with E-state index in [-0.39, 0.29) is 0 Å². The molecule has 0 unspecified atom stereocenters. The van der Waals surface area contributed by atoms with Crippen LogP contribution in [0.2, 0.25) is 0 Å². The number of carbonyl (C=O) groups excluding carboxylic acids is 1. The minimum absolute atomic E-state index is 0.408. The summed E-state index contributed by atoms with van der Waals surface area (Å²) in [7, 11) is 3.08. The Hall–Kier alpha value is -3.16. The quantitative estimate of drug-likeness (QED) is 0.698. The zero-order chi connectivity index (χ0) is 16.4. The third kappa shape index (κ3) is 2.44. The maximum Gasteiger partial charge on any atom is 0.229 e. The molecule has 3 aromatic heterocycles. The number of pyridine rings is 1. The van der Waals surface area contributed by atoms with Crippen molar-refractivity contribution in [3.8, 4) is 23.0 Å². The number of nitrogens with one attached hydrogen (secondary N) is 2. The van der Waals surface area contributed by atoms with Crippen LogP contribution < -0.4 is 14.8 Å². The van der Waals surface area contributed by atoms with Gasteiger partial charge < -0.3 is 19.8 Å². The number of rotatable bonds is 5. The number of methoxy groups -OCH3 is 2. The van der Waals surface area contributed by atoms with Crippen LogP contribution in [0.25, 0.3) is 22.2 Å². The van der Waals surface area contributed by atoms with E-state index in [0.29, 0.717) is 29.6 Å². The van der Waals surface area contributed by atoms with E-state index in [1.807, 2.05) is 6.92 Å².